The van der Waals surface area contributed by atoms with Gasteiger partial charge in [-0.2, -0.15) is 0 Å². The van der Waals surface area contributed by atoms with Gasteiger partial charge in [-0.15, -0.1) is 0 Å². The Labute approximate surface area is 81.8 Å². The van der Waals surface area contributed by atoms with Crippen LogP contribution in [0.3, 0.4) is 0 Å². The van der Waals surface area contributed by atoms with Gasteiger partial charge in [0.25, 0.3) is 0 Å². The second-order valence-corrected chi connectivity index (χ2v) is 2.78. The minimum absolute atomic E-state index is 0.249. The standard InChI is InChI=1S/C10H10N2O2/c1-7(13)11-9-3-5-10(6-4-9)12-8(2)14/h3-6H,1-2H3. The zero-order valence-electron chi connectivity index (χ0n) is 8.02. The zero-order chi connectivity index (χ0) is 10.6. The van der Waals surface area contributed by atoms with Crippen molar-refractivity contribution in [2.75, 3.05) is 0 Å². The third-order valence-electron chi connectivity index (χ3n) is 1.42. The van der Waals surface area contributed by atoms with E-state index < -0.39 is 0 Å². The number of amides is 2. The number of allylic oxidation sites excluding steroid dienone is 4. The lowest BCUT2D eigenvalue weighted by Crippen LogP contribution is -2.03. The monoisotopic (exact) mass is 190 g/mol. The van der Waals surface area contributed by atoms with E-state index in [2.05, 4.69) is 9.98 Å². The Balaban J connectivity index is 2.80. The number of rotatable bonds is 0. The van der Waals surface area contributed by atoms with Crippen LogP contribution < -0.4 is 0 Å². The summed E-state index contributed by atoms with van der Waals surface area (Å²) in [6.45, 7) is 2.77. The van der Waals surface area contributed by atoms with Gasteiger partial charge in [-0.1, -0.05) is 0 Å². The van der Waals surface area contributed by atoms with E-state index in [1.807, 2.05) is 0 Å². The molecule has 72 valence electrons. The van der Waals surface area contributed by atoms with Gasteiger partial charge in [0.05, 0.1) is 11.4 Å². The molecule has 0 aromatic heterocycles. The van der Waals surface area contributed by atoms with Gasteiger partial charge in [-0.3, -0.25) is 9.59 Å². The summed E-state index contributed by atoms with van der Waals surface area (Å²) in [4.78, 5) is 28.7. The maximum atomic E-state index is 10.6. The Morgan fingerprint density at radius 1 is 0.857 bits per heavy atom. The highest BCUT2D eigenvalue weighted by Crippen LogP contribution is 1.98. The fourth-order valence-electron chi connectivity index (χ4n) is 0.965. The summed E-state index contributed by atoms with van der Waals surface area (Å²) >= 11 is 0. The molecule has 2 amide bonds. The van der Waals surface area contributed by atoms with Crippen molar-refractivity contribution < 1.29 is 9.59 Å². The van der Waals surface area contributed by atoms with Crippen LogP contribution in [0.15, 0.2) is 34.3 Å². The summed E-state index contributed by atoms with van der Waals surface area (Å²) in [5.74, 6) is -0.498. The molecule has 1 aliphatic carbocycles. The maximum absolute atomic E-state index is 10.6. The molecule has 1 aliphatic rings. The first-order valence-corrected chi connectivity index (χ1v) is 4.12. The number of hydrogen-bond donors (Lipinski definition) is 0. The van der Waals surface area contributed by atoms with E-state index in [4.69, 9.17) is 0 Å². The van der Waals surface area contributed by atoms with Crippen LogP contribution in [0.2, 0.25) is 0 Å². The van der Waals surface area contributed by atoms with Gasteiger partial charge in [-0.05, 0) is 24.3 Å². The molecule has 1 rings (SSSR count). The van der Waals surface area contributed by atoms with Gasteiger partial charge in [0.15, 0.2) is 0 Å². The van der Waals surface area contributed by atoms with Crippen molar-refractivity contribution >= 4 is 23.2 Å². The van der Waals surface area contributed by atoms with E-state index in [9.17, 15) is 9.59 Å². The summed E-state index contributed by atoms with van der Waals surface area (Å²) in [6.07, 6.45) is 6.57. The molecule has 0 saturated heterocycles. The van der Waals surface area contributed by atoms with E-state index in [-0.39, 0.29) is 11.8 Å². The van der Waals surface area contributed by atoms with Crippen molar-refractivity contribution in [3.8, 4) is 0 Å². The first-order valence-electron chi connectivity index (χ1n) is 4.12. The molecule has 4 nitrogen and oxygen atoms in total. The van der Waals surface area contributed by atoms with Gasteiger partial charge < -0.3 is 0 Å². The van der Waals surface area contributed by atoms with E-state index >= 15 is 0 Å². The molecule has 0 aromatic carbocycles. The Morgan fingerprint density at radius 3 is 1.36 bits per heavy atom. The summed E-state index contributed by atoms with van der Waals surface area (Å²) in [5, 5.41) is 0. The molecule has 0 saturated carbocycles. The second-order valence-electron chi connectivity index (χ2n) is 2.78. The number of hydrogen-bond acceptors (Lipinski definition) is 2. The number of nitrogens with zero attached hydrogens (tertiary/aromatic N) is 2. The van der Waals surface area contributed by atoms with Crippen molar-refractivity contribution in [3.63, 3.8) is 0 Å². The van der Waals surface area contributed by atoms with Crippen LogP contribution in [0.25, 0.3) is 0 Å². The average molecular weight is 190 g/mol. The van der Waals surface area contributed by atoms with Crippen LogP contribution in [0, 0.1) is 0 Å². The fourth-order valence-corrected chi connectivity index (χ4v) is 0.965. The quantitative estimate of drug-likeness (QED) is 0.537. The molecule has 4 heteroatoms. The van der Waals surface area contributed by atoms with Crippen LogP contribution in [-0.4, -0.2) is 23.2 Å². The van der Waals surface area contributed by atoms with Gasteiger partial charge in [0.1, 0.15) is 0 Å². The summed E-state index contributed by atoms with van der Waals surface area (Å²) in [5.41, 5.74) is 1.14. The molecular formula is C10H10N2O2. The third kappa shape index (κ3) is 3.26. The highest BCUT2D eigenvalue weighted by Gasteiger charge is 2.00. The highest BCUT2D eigenvalue weighted by atomic mass is 16.1. The third-order valence-corrected chi connectivity index (χ3v) is 1.42. The van der Waals surface area contributed by atoms with E-state index in [1.165, 1.54) is 13.8 Å². The molecule has 14 heavy (non-hydrogen) atoms. The van der Waals surface area contributed by atoms with E-state index in [0.29, 0.717) is 11.4 Å². The first-order chi connectivity index (χ1) is 6.58. The predicted molar refractivity (Wildman–Crippen MR) is 54.5 cm³/mol. The average Bonchev–Trinajstić information content (AvgIpc) is 2.06. The summed E-state index contributed by atoms with van der Waals surface area (Å²) in [6, 6.07) is 0. The molecule has 0 aliphatic heterocycles. The van der Waals surface area contributed by atoms with Gasteiger partial charge in [0.2, 0.25) is 11.8 Å². The summed E-state index contributed by atoms with van der Waals surface area (Å²) in [7, 11) is 0. The van der Waals surface area contributed by atoms with Crippen LogP contribution in [-0.2, 0) is 9.59 Å². The Kier molecular flexibility index (Phi) is 3.23. The zero-order valence-corrected chi connectivity index (χ0v) is 8.02. The number of carbonyl (C=O) groups is 2. The van der Waals surface area contributed by atoms with E-state index in [0.717, 1.165) is 0 Å². The molecule has 0 fully saturated rings. The molecule has 0 spiro atoms. The lowest BCUT2D eigenvalue weighted by atomic mass is 10.1. The molecule has 0 radical (unpaired) electrons. The molecule has 0 bridgehead atoms. The van der Waals surface area contributed by atoms with Crippen molar-refractivity contribution in [3.05, 3.63) is 24.3 Å². The Bertz CT molecular complexity index is 333. The van der Waals surface area contributed by atoms with Gasteiger partial charge in [-0.25, -0.2) is 9.98 Å². The normalized spacial score (nSPS) is 14.1. The molecule has 0 atom stereocenters. The SMILES string of the molecule is CC(=O)N=C1C=CC(=NC(C)=O)C=C1. The van der Waals surface area contributed by atoms with E-state index in [1.54, 1.807) is 24.3 Å². The van der Waals surface area contributed by atoms with Crippen molar-refractivity contribution in [2.24, 2.45) is 9.98 Å². The molecular weight excluding hydrogens is 180 g/mol. The fraction of sp³-hybridized carbons (Fsp3) is 0.200. The number of aliphatic imine (C=N–C) groups is 2. The van der Waals surface area contributed by atoms with Crippen molar-refractivity contribution in [1.29, 1.82) is 0 Å². The van der Waals surface area contributed by atoms with Crippen molar-refractivity contribution in [2.45, 2.75) is 13.8 Å². The van der Waals surface area contributed by atoms with Crippen LogP contribution >= 0.6 is 0 Å². The second kappa shape index (κ2) is 4.41. The summed E-state index contributed by atoms with van der Waals surface area (Å²) < 4.78 is 0. The van der Waals surface area contributed by atoms with Crippen LogP contribution in [0.1, 0.15) is 13.8 Å². The van der Waals surface area contributed by atoms with Crippen molar-refractivity contribution in [1.82, 2.24) is 0 Å². The smallest absolute Gasteiger partial charge is 0.243 e. The lowest BCUT2D eigenvalue weighted by Gasteiger charge is -1.99. The molecule has 0 heterocycles. The van der Waals surface area contributed by atoms with Crippen LogP contribution in [0.5, 0.6) is 0 Å². The van der Waals surface area contributed by atoms with Gasteiger partial charge >= 0.3 is 0 Å². The van der Waals surface area contributed by atoms with Gasteiger partial charge in [0, 0.05) is 13.8 Å². The molecule has 0 aromatic rings. The first kappa shape index (κ1) is 10.2. The number of carbonyl (C=O) groups excluding carboxylic acids is 2. The largest absolute Gasteiger partial charge is 0.273 e. The Morgan fingerprint density at radius 2 is 1.14 bits per heavy atom. The van der Waals surface area contributed by atoms with Crippen LogP contribution in [0.4, 0.5) is 0 Å². The lowest BCUT2D eigenvalue weighted by molar-refractivity contribution is -0.116. The topological polar surface area (TPSA) is 58.9 Å². The highest BCUT2D eigenvalue weighted by molar-refractivity contribution is 6.21. The molecule has 0 unspecified atom stereocenters. The maximum Gasteiger partial charge on any atom is 0.243 e. The molecule has 0 N–H and O–H groups in total. The Hall–Kier alpha value is -1.84. The predicted octanol–water partition coefficient (Wildman–Crippen LogP) is 1.09. The minimum atomic E-state index is -0.249. The minimum Gasteiger partial charge on any atom is -0.273 e.